The Bertz CT molecular complexity index is 626. The summed E-state index contributed by atoms with van der Waals surface area (Å²) >= 11 is 0. The third-order valence-electron chi connectivity index (χ3n) is 5.39. The van der Waals surface area contributed by atoms with Crippen LogP contribution in [-0.4, -0.2) is 67.6 Å². The molecule has 6 nitrogen and oxygen atoms in total. The second-order valence-corrected chi connectivity index (χ2v) is 7.33. The summed E-state index contributed by atoms with van der Waals surface area (Å²) in [7, 11) is 1.63. The van der Waals surface area contributed by atoms with E-state index in [1.54, 1.807) is 7.11 Å². The van der Waals surface area contributed by atoms with E-state index in [1.807, 2.05) is 34.1 Å². The van der Waals surface area contributed by atoms with Crippen LogP contribution in [0.3, 0.4) is 0 Å². The van der Waals surface area contributed by atoms with Crippen molar-refractivity contribution < 1.29 is 19.1 Å². The number of methoxy groups -OCH3 is 1. The lowest BCUT2D eigenvalue weighted by Crippen LogP contribution is -2.39. The molecule has 1 unspecified atom stereocenters. The summed E-state index contributed by atoms with van der Waals surface area (Å²) in [6.07, 6.45) is 4.97. The van der Waals surface area contributed by atoms with Crippen LogP contribution >= 0.6 is 0 Å². The second kappa shape index (κ2) is 9.74. The Morgan fingerprint density at radius 1 is 1.00 bits per heavy atom. The Labute approximate surface area is 161 Å². The average Bonchev–Trinajstić information content (AvgIpc) is 2.96. The van der Waals surface area contributed by atoms with E-state index in [9.17, 15) is 9.59 Å². The molecule has 1 aromatic carbocycles. The van der Waals surface area contributed by atoms with Gasteiger partial charge in [0.15, 0.2) is 0 Å². The SMILES string of the molecule is COc1ccc(CC(=O)N2CCCN(C(=O)CC3CCCCO3)CC2)cc1. The minimum Gasteiger partial charge on any atom is -0.497 e. The van der Waals surface area contributed by atoms with Crippen LogP contribution in [-0.2, 0) is 20.7 Å². The van der Waals surface area contributed by atoms with Crippen LogP contribution in [0.5, 0.6) is 5.75 Å². The molecule has 2 fully saturated rings. The number of benzene rings is 1. The molecular formula is C21H30N2O4. The highest BCUT2D eigenvalue weighted by Crippen LogP contribution is 2.18. The zero-order chi connectivity index (χ0) is 19.1. The Hall–Kier alpha value is -2.08. The van der Waals surface area contributed by atoms with Crippen LogP contribution in [0, 0.1) is 0 Å². The minimum atomic E-state index is 0.0716. The highest BCUT2D eigenvalue weighted by atomic mass is 16.5. The zero-order valence-electron chi connectivity index (χ0n) is 16.2. The molecule has 2 aliphatic heterocycles. The van der Waals surface area contributed by atoms with Gasteiger partial charge < -0.3 is 19.3 Å². The molecule has 2 aliphatic rings. The first-order chi connectivity index (χ1) is 13.2. The van der Waals surface area contributed by atoms with Crippen molar-refractivity contribution >= 4 is 11.8 Å². The van der Waals surface area contributed by atoms with E-state index < -0.39 is 0 Å². The van der Waals surface area contributed by atoms with E-state index in [2.05, 4.69) is 0 Å². The maximum absolute atomic E-state index is 12.6. The van der Waals surface area contributed by atoms with Gasteiger partial charge in [-0.25, -0.2) is 0 Å². The molecule has 1 atom stereocenters. The predicted octanol–water partition coefficient (Wildman–Crippen LogP) is 2.26. The first-order valence-corrected chi connectivity index (χ1v) is 9.96. The molecule has 2 saturated heterocycles. The Morgan fingerprint density at radius 3 is 2.33 bits per heavy atom. The van der Waals surface area contributed by atoms with Gasteiger partial charge in [0.2, 0.25) is 11.8 Å². The average molecular weight is 374 g/mol. The van der Waals surface area contributed by atoms with Gasteiger partial charge in [0.1, 0.15) is 5.75 Å². The standard InChI is InChI=1S/C21H30N2O4/c1-26-18-8-6-17(7-9-18)15-20(24)22-10-4-11-23(13-12-22)21(25)16-19-5-2-3-14-27-19/h6-9,19H,2-5,10-16H2,1H3. The molecule has 1 aromatic rings. The lowest BCUT2D eigenvalue weighted by Gasteiger charge is -2.26. The third kappa shape index (κ3) is 5.70. The van der Waals surface area contributed by atoms with Crippen molar-refractivity contribution in [2.45, 2.75) is 44.6 Å². The predicted molar refractivity (Wildman–Crippen MR) is 103 cm³/mol. The van der Waals surface area contributed by atoms with Gasteiger partial charge in [-0.05, 0) is 43.4 Å². The van der Waals surface area contributed by atoms with Crippen molar-refractivity contribution in [2.75, 3.05) is 39.9 Å². The van der Waals surface area contributed by atoms with Gasteiger partial charge in [0, 0.05) is 32.8 Å². The van der Waals surface area contributed by atoms with Crippen LogP contribution < -0.4 is 4.74 Å². The van der Waals surface area contributed by atoms with E-state index in [0.717, 1.165) is 50.1 Å². The topological polar surface area (TPSA) is 59.1 Å². The fourth-order valence-corrected chi connectivity index (χ4v) is 3.74. The molecule has 0 radical (unpaired) electrons. The van der Waals surface area contributed by atoms with E-state index >= 15 is 0 Å². The van der Waals surface area contributed by atoms with Crippen LogP contribution in [0.2, 0.25) is 0 Å². The second-order valence-electron chi connectivity index (χ2n) is 7.33. The number of carbonyl (C=O) groups is 2. The van der Waals surface area contributed by atoms with Crippen molar-refractivity contribution in [1.29, 1.82) is 0 Å². The largest absolute Gasteiger partial charge is 0.497 e. The van der Waals surface area contributed by atoms with Gasteiger partial charge in [-0.3, -0.25) is 9.59 Å². The molecule has 0 aliphatic carbocycles. The van der Waals surface area contributed by atoms with Crippen LogP contribution in [0.25, 0.3) is 0 Å². The maximum Gasteiger partial charge on any atom is 0.227 e. The third-order valence-corrected chi connectivity index (χ3v) is 5.39. The van der Waals surface area contributed by atoms with Crippen molar-refractivity contribution in [3.63, 3.8) is 0 Å². The number of nitrogens with zero attached hydrogens (tertiary/aromatic N) is 2. The maximum atomic E-state index is 12.6. The van der Waals surface area contributed by atoms with Crippen molar-refractivity contribution in [1.82, 2.24) is 9.80 Å². The quantitative estimate of drug-likeness (QED) is 0.793. The van der Waals surface area contributed by atoms with Crippen molar-refractivity contribution in [3.8, 4) is 5.75 Å². The van der Waals surface area contributed by atoms with E-state index in [0.29, 0.717) is 32.5 Å². The van der Waals surface area contributed by atoms with Gasteiger partial charge in [0.25, 0.3) is 0 Å². The summed E-state index contributed by atoms with van der Waals surface area (Å²) in [5.41, 5.74) is 0.979. The van der Waals surface area contributed by atoms with E-state index in [4.69, 9.17) is 9.47 Å². The Morgan fingerprint density at radius 2 is 1.70 bits per heavy atom. The Balaban J connectivity index is 1.47. The smallest absolute Gasteiger partial charge is 0.227 e. The summed E-state index contributed by atoms with van der Waals surface area (Å²) in [6, 6.07) is 7.60. The van der Waals surface area contributed by atoms with Gasteiger partial charge in [-0.15, -0.1) is 0 Å². The lowest BCUT2D eigenvalue weighted by atomic mass is 10.1. The molecule has 2 amide bonds. The first-order valence-electron chi connectivity index (χ1n) is 9.96. The summed E-state index contributed by atoms with van der Waals surface area (Å²) in [4.78, 5) is 29.0. The number of amides is 2. The minimum absolute atomic E-state index is 0.0716. The molecule has 0 N–H and O–H groups in total. The number of rotatable bonds is 5. The molecule has 0 spiro atoms. The van der Waals surface area contributed by atoms with Gasteiger partial charge in [0.05, 0.1) is 26.1 Å². The summed E-state index contributed by atoms with van der Waals surface area (Å²) in [6.45, 7) is 3.41. The van der Waals surface area contributed by atoms with Gasteiger partial charge in [-0.1, -0.05) is 12.1 Å². The molecule has 0 saturated carbocycles. The molecule has 6 heteroatoms. The van der Waals surface area contributed by atoms with Crippen molar-refractivity contribution in [2.24, 2.45) is 0 Å². The Kier molecular flexibility index (Phi) is 7.10. The summed E-state index contributed by atoms with van der Waals surface area (Å²) in [5.74, 6) is 1.06. The van der Waals surface area contributed by atoms with Crippen molar-refractivity contribution in [3.05, 3.63) is 29.8 Å². The molecule has 148 valence electrons. The number of hydrogen-bond donors (Lipinski definition) is 0. The van der Waals surface area contributed by atoms with Crippen LogP contribution in [0.15, 0.2) is 24.3 Å². The molecule has 0 aromatic heterocycles. The van der Waals surface area contributed by atoms with E-state index in [1.165, 1.54) is 0 Å². The van der Waals surface area contributed by atoms with Gasteiger partial charge in [-0.2, -0.15) is 0 Å². The fourth-order valence-electron chi connectivity index (χ4n) is 3.74. The number of ether oxygens (including phenoxy) is 2. The molecule has 27 heavy (non-hydrogen) atoms. The van der Waals surface area contributed by atoms with Gasteiger partial charge >= 0.3 is 0 Å². The van der Waals surface area contributed by atoms with E-state index in [-0.39, 0.29) is 17.9 Å². The van der Waals surface area contributed by atoms with Crippen LogP contribution in [0.4, 0.5) is 0 Å². The monoisotopic (exact) mass is 374 g/mol. The highest BCUT2D eigenvalue weighted by molar-refractivity contribution is 5.79. The summed E-state index contributed by atoms with van der Waals surface area (Å²) < 4.78 is 10.8. The normalized spacial score (nSPS) is 20.9. The zero-order valence-corrected chi connectivity index (χ0v) is 16.2. The number of hydrogen-bond acceptors (Lipinski definition) is 4. The number of carbonyl (C=O) groups excluding carboxylic acids is 2. The summed E-state index contributed by atoms with van der Waals surface area (Å²) in [5, 5.41) is 0. The lowest BCUT2D eigenvalue weighted by molar-refractivity contribution is -0.136. The molecule has 2 heterocycles. The molecule has 3 rings (SSSR count). The van der Waals surface area contributed by atoms with Crippen LogP contribution in [0.1, 0.15) is 37.7 Å². The molecule has 0 bridgehead atoms. The molecular weight excluding hydrogens is 344 g/mol. The fraction of sp³-hybridized carbons (Fsp3) is 0.619. The highest BCUT2D eigenvalue weighted by Gasteiger charge is 2.25. The first kappa shape index (κ1) is 19.7.